The Labute approximate surface area is 226 Å². The second-order valence-electron chi connectivity index (χ2n) is 0.529. The van der Waals surface area contributed by atoms with Gasteiger partial charge in [0.2, 0.25) is 0 Å². The van der Waals surface area contributed by atoms with E-state index < -0.39 is 10.2 Å². The summed E-state index contributed by atoms with van der Waals surface area (Å²) in [6.45, 7) is 0. The van der Waals surface area contributed by atoms with E-state index in [1.54, 1.807) is 0 Å². The van der Waals surface area contributed by atoms with Gasteiger partial charge in [0, 0.05) is 4.94 Å². The van der Waals surface area contributed by atoms with E-state index in [4.69, 9.17) is 20.2 Å². The van der Waals surface area contributed by atoms with Crippen molar-refractivity contribution in [3.63, 3.8) is 0 Å². The predicted molar refractivity (Wildman–Crippen MR) is 73.3 cm³/mol. The second-order valence-corrected chi connectivity index (χ2v) is 0.529. The molecule has 0 aliphatic rings. The van der Waals surface area contributed by atoms with Gasteiger partial charge in [0.15, 0.2) is 0 Å². The zero-order valence-corrected chi connectivity index (χ0v) is 18.6. The third-order valence-electron chi connectivity index (χ3n) is 0.133. The van der Waals surface area contributed by atoms with Gasteiger partial charge >= 0.3 is 137 Å². The number of nitrogens with zero attached hydrogens (tertiary/aromatic N) is 2. The van der Waals surface area contributed by atoms with Crippen molar-refractivity contribution in [3.05, 3.63) is 20.2 Å². The van der Waals surface area contributed by atoms with Crippen molar-refractivity contribution in [2.75, 3.05) is 0 Å². The van der Waals surface area contributed by atoms with Gasteiger partial charge in [-0.3, -0.25) is 0 Å². The molecule has 18 nitrogen and oxygen atoms in total. The summed E-state index contributed by atoms with van der Waals surface area (Å²) >= 11 is 0. The molecule has 0 saturated heterocycles. The summed E-state index contributed by atoms with van der Waals surface area (Å²) in [5, 5.41) is 14.9. The van der Waals surface area contributed by atoms with Crippen molar-refractivity contribution in [2.45, 2.75) is 0 Å². The number of hydrogen-bond donors (Lipinski definition) is 1. The first-order chi connectivity index (χ1) is 3.13. The van der Waals surface area contributed by atoms with E-state index in [1.807, 2.05) is 0 Å². The van der Waals surface area contributed by atoms with Crippen LogP contribution in [0.15, 0.2) is 0 Å². The minimum Gasteiger partial charge on any atom is -1.00 e. The van der Waals surface area contributed by atoms with Gasteiger partial charge in [0.25, 0.3) is 0 Å². The average molecular weight is 429 g/mol. The number of hydrogen-bond acceptors (Lipinski definition) is 6. The van der Waals surface area contributed by atoms with Gasteiger partial charge in [-0.15, -0.1) is 20.2 Å². The van der Waals surface area contributed by atoms with E-state index in [1.165, 1.54) is 0 Å². The van der Waals surface area contributed by atoms with E-state index in [2.05, 4.69) is 4.94 Å². The Bertz CT molecular complexity index is 121. The van der Waals surface area contributed by atoms with Gasteiger partial charge in [-0.25, -0.2) is 0 Å². The summed E-state index contributed by atoms with van der Waals surface area (Å²) < 4.78 is 0. The molecule has 21 heavy (non-hydrogen) atoms. The molecule has 138 valence electrons. The van der Waals surface area contributed by atoms with E-state index in [0.29, 0.717) is 0 Å². The fourth-order valence-corrected chi connectivity index (χ4v) is 0.0544. The van der Waals surface area contributed by atoms with Crippen LogP contribution in [-0.2, 0) is 4.94 Å². The predicted octanol–water partition coefficient (Wildman–Crippen LogP) is -11.9. The summed E-state index contributed by atoms with van der Waals surface area (Å²) in [5.74, 6) is 0. The monoisotopic (exact) mass is 429 g/mol. The first kappa shape index (κ1) is 168. The third-order valence-corrected chi connectivity index (χ3v) is 0.133. The fraction of sp³-hybridized carbons (Fsp3) is 0. The summed E-state index contributed by atoms with van der Waals surface area (Å²) in [7, 11) is 0. The van der Waals surface area contributed by atoms with Gasteiger partial charge in [-0.1, -0.05) is 0 Å². The largest absolute Gasteiger partial charge is 2.00 e. The Morgan fingerprint density at radius 1 is 0.619 bits per heavy atom. The van der Waals surface area contributed by atoms with Gasteiger partial charge in [-0.05, 0) is 0 Å². The molecule has 0 atom stereocenters. The smallest absolute Gasteiger partial charge is 1.00 e. The van der Waals surface area contributed by atoms with Crippen LogP contribution in [0.5, 0.6) is 0 Å². The molecule has 0 aliphatic heterocycles. The molecular formula is H28Ca2KN3O15. The molecule has 0 rings (SSSR count). The summed E-state index contributed by atoms with van der Waals surface area (Å²) in [6, 6.07) is 0. The summed E-state index contributed by atoms with van der Waals surface area (Å²) in [6.07, 6.45) is 0. The Kier molecular flexibility index (Phi) is 934. The quantitative estimate of drug-likeness (QED) is 0.252. The van der Waals surface area contributed by atoms with Crippen molar-refractivity contribution in [1.82, 2.24) is 6.15 Å². The molecule has 0 spiro atoms. The minimum absolute atomic E-state index is 0. The van der Waals surface area contributed by atoms with Gasteiger partial charge in [-0.2, -0.15) is 0 Å². The van der Waals surface area contributed by atoms with Crippen LogP contribution >= 0.6 is 0 Å². The Morgan fingerprint density at radius 3 is 0.714 bits per heavy atom. The van der Waals surface area contributed by atoms with Crippen LogP contribution in [0.25, 0.3) is 0 Å². The maximum Gasteiger partial charge on any atom is 2.00 e. The summed E-state index contributed by atoms with van der Waals surface area (Å²) in [5.41, 5.74) is 0. The van der Waals surface area contributed by atoms with Crippen LogP contribution in [0, 0.1) is 20.2 Å². The van der Waals surface area contributed by atoms with Crippen LogP contribution < -0.4 is 57.5 Å². The fourth-order valence-electron chi connectivity index (χ4n) is 0.0544. The molecule has 0 bridgehead atoms. The molecular weight excluding hydrogens is 401 g/mol. The molecule has 21 heteroatoms. The maximum atomic E-state index is 8.95. The third kappa shape index (κ3) is 231. The Balaban J connectivity index is -0.00000000105. The van der Waals surface area contributed by atoms with E-state index in [-0.39, 0.29) is 195 Å². The molecule has 0 aliphatic carbocycles. The maximum absolute atomic E-state index is 8.95. The van der Waals surface area contributed by atoms with Crippen molar-refractivity contribution >= 4 is 75.5 Å². The first-order valence-corrected chi connectivity index (χ1v) is 1.10. The first-order valence-electron chi connectivity index (χ1n) is 1.10. The van der Waals surface area contributed by atoms with E-state index in [0.717, 1.165) is 0 Å². The van der Waals surface area contributed by atoms with Gasteiger partial charge < -0.3 is 68.0 Å². The van der Waals surface area contributed by atoms with Crippen molar-refractivity contribution < 1.29 is 128 Å². The van der Waals surface area contributed by atoms with Crippen LogP contribution in [0.2, 0.25) is 0 Å². The molecule has 23 N–H and O–H groups in total. The normalized spacial score (nSPS) is 2.48. The molecule has 0 saturated carbocycles. The SMILES string of the molecule is N.O.O.O.O.O.O.O.O.O.O.O=[N+]([O-])O[N+](=O)[O-].[Ca+2].[Ca+2].[H-].[H-].[H-].[H-].[H-].[K+]. The van der Waals surface area contributed by atoms with Crippen LogP contribution in [0.4, 0.5) is 0 Å². The molecule has 0 aromatic heterocycles. The molecule has 0 aromatic rings. The van der Waals surface area contributed by atoms with Crippen LogP contribution in [0.3, 0.4) is 0 Å². The van der Waals surface area contributed by atoms with Crippen molar-refractivity contribution in [2.24, 2.45) is 0 Å². The summed E-state index contributed by atoms with van der Waals surface area (Å²) in [4.78, 5) is 20.6. The van der Waals surface area contributed by atoms with Crippen molar-refractivity contribution in [1.29, 1.82) is 0 Å². The van der Waals surface area contributed by atoms with Crippen LogP contribution in [-0.4, -0.2) is 140 Å². The van der Waals surface area contributed by atoms with Gasteiger partial charge in [0.05, 0.1) is 0 Å². The Hall–Kier alpha value is 2.32. The zero-order chi connectivity index (χ0) is 5.86. The number of rotatable bonds is 2. The molecule has 0 radical (unpaired) electrons. The van der Waals surface area contributed by atoms with E-state index >= 15 is 0 Å². The molecule has 0 amide bonds. The Morgan fingerprint density at radius 2 is 0.714 bits per heavy atom. The van der Waals surface area contributed by atoms with Crippen molar-refractivity contribution in [3.8, 4) is 0 Å². The van der Waals surface area contributed by atoms with Crippen LogP contribution in [0.1, 0.15) is 7.13 Å². The topological polar surface area (TPSA) is 446 Å². The molecule has 0 fully saturated rings. The molecule has 0 unspecified atom stereocenters. The second kappa shape index (κ2) is 117. The average Bonchev–Trinajstić information content (AvgIpc) is 1.27. The zero-order valence-electron chi connectivity index (χ0n) is 16.1. The van der Waals surface area contributed by atoms with Gasteiger partial charge in [0.1, 0.15) is 0 Å². The standard InChI is InChI=1S/2Ca.K.N2O5.H3N.10H2O.5H/c;;;3-1(4)7-2(5)6;;;;;;;;;;;;;;;;/h;;;;1H3;10*1H2;;;;;/q2*+2;+1;;;;;;;;;;;;;5*-1. The van der Waals surface area contributed by atoms with E-state index in [9.17, 15) is 0 Å². The minimum atomic E-state index is -1.50. The molecule has 0 heterocycles. The molecule has 0 aromatic carbocycles.